The maximum absolute atomic E-state index is 10.5. The molecule has 0 rings (SSSR count). The third kappa shape index (κ3) is 5.84. The Morgan fingerprint density at radius 1 is 1.36 bits per heavy atom. The van der Waals surface area contributed by atoms with Gasteiger partial charge in [-0.05, 0) is 12.3 Å². The van der Waals surface area contributed by atoms with Crippen LogP contribution in [0.3, 0.4) is 0 Å². The summed E-state index contributed by atoms with van der Waals surface area (Å²) < 4.78 is 0. The van der Waals surface area contributed by atoms with Crippen molar-refractivity contribution in [3.8, 4) is 0 Å². The van der Waals surface area contributed by atoms with Crippen LogP contribution in [0.15, 0.2) is 12.2 Å². The summed E-state index contributed by atoms with van der Waals surface area (Å²) in [7, 11) is 0. The zero-order valence-electron chi connectivity index (χ0n) is 7.92. The highest BCUT2D eigenvalue weighted by molar-refractivity contribution is 5.58. The first-order chi connectivity index (χ1) is 4.98. The Kier molecular flexibility index (Phi) is 4.09. The summed E-state index contributed by atoms with van der Waals surface area (Å²) in [6, 6.07) is 0. The standard InChI is InChI=1S/C10H18O/c1-9(2)6-5-7-10(3,4)8-11/h5-6,8-9H,7H2,1-4H3/b6-5+. The first-order valence-corrected chi connectivity index (χ1v) is 4.11. The molecule has 0 aliphatic rings. The van der Waals surface area contributed by atoms with E-state index in [2.05, 4.69) is 26.0 Å². The predicted molar refractivity (Wildman–Crippen MR) is 48.4 cm³/mol. The molecule has 0 amide bonds. The molecule has 64 valence electrons. The Morgan fingerprint density at radius 3 is 2.27 bits per heavy atom. The molecule has 1 heteroatoms. The molecule has 1 nitrogen and oxygen atoms in total. The minimum Gasteiger partial charge on any atom is -0.303 e. The van der Waals surface area contributed by atoms with Crippen LogP contribution in [-0.4, -0.2) is 6.29 Å². The normalized spacial score (nSPS) is 12.8. The van der Waals surface area contributed by atoms with Crippen LogP contribution in [0.4, 0.5) is 0 Å². The molecular formula is C10H18O. The number of allylic oxidation sites excluding steroid dienone is 2. The molecule has 0 unspecified atom stereocenters. The van der Waals surface area contributed by atoms with Gasteiger partial charge in [0.25, 0.3) is 0 Å². The van der Waals surface area contributed by atoms with Crippen molar-refractivity contribution in [2.45, 2.75) is 34.1 Å². The number of carbonyl (C=O) groups excluding carboxylic acids is 1. The molecule has 0 heterocycles. The monoisotopic (exact) mass is 154 g/mol. The van der Waals surface area contributed by atoms with Gasteiger partial charge >= 0.3 is 0 Å². The average Bonchev–Trinajstić information content (AvgIpc) is 1.87. The van der Waals surface area contributed by atoms with Gasteiger partial charge in [0.15, 0.2) is 0 Å². The fraction of sp³-hybridized carbons (Fsp3) is 0.700. The third-order valence-corrected chi connectivity index (χ3v) is 1.48. The maximum atomic E-state index is 10.5. The van der Waals surface area contributed by atoms with Crippen molar-refractivity contribution < 1.29 is 4.79 Å². The number of carbonyl (C=O) groups is 1. The van der Waals surface area contributed by atoms with Gasteiger partial charge in [0.1, 0.15) is 6.29 Å². The van der Waals surface area contributed by atoms with Crippen LogP contribution in [0.2, 0.25) is 0 Å². The molecule has 0 aromatic carbocycles. The van der Waals surface area contributed by atoms with E-state index in [4.69, 9.17) is 0 Å². The highest BCUT2D eigenvalue weighted by atomic mass is 16.1. The molecule has 0 saturated heterocycles. The highest BCUT2D eigenvalue weighted by Gasteiger charge is 2.13. The molecular weight excluding hydrogens is 136 g/mol. The summed E-state index contributed by atoms with van der Waals surface area (Å²) in [5.41, 5.74) is -0.189. The first kappa shape index (κ1) is 10.4. The average molecular weight is 154 g/mol. The lowest BCUT2D eigenvalue weighted by atomic mass is 9.91. The van der Waals surface area contributed by atoms with Crippen molar-refractivity contribution in [3.63, 3.8) is 0 Å². The Morgan fingerprint density at radius 2 is 1.91 bits per heavy atom. The molecule has 11 heavy (non-hydrogen) atoms. The number of hydrogen-bond donors (Lipinski definition) is 0. The van der Waals surface area contributed by atoms with Crippen molar-refractivity contribution in [1.82, 2.24) is 0 Å². The van der Waals surface area contributed by atoms with E-state index in [1.165, 1.54) is 0 Å². The van der Waals surface area contributed by atoms with Crippen LogP contribution < -0.4 is 0 Å². The second-order valence-corrected chi connectivity index (χ2v) is 3.98. The lowest BCUT2D eigenvalue weighted by molar-refractivity contribution is -0.114. The van der Waals surface area contributed by atoms with Gasteiger partial charge in [0.05, 0.1) is 0 Å². The molecule has 0 aliphatic heterocycles. The smallest absolute Gasteiger partial charge is 0.125 e. The summed E-state index contributed by atoms with van der Waals surface area (Å²) in [6.07, 6.45) is 6.07. The topological polar surface area (TPSA) is 17.1 Å². The lowest BCUT2D eigenvalue weighted by Crippen LogP contribution is -2.10. The van der Waals surface area contributed by atoms with Crippen molar-refractivity contribution >= 4 is 6.29 Å². The molecule has 0 N–H and O–H groups in total. The Balaban J connectivity index is 3.78. The fourth-order valence-electron chi connectivity index (χ4n) is 0.692. The second kappa shape index (κ2) is 4.32. The van der Waals surface area contributed by atoms with Crippen molar-refractivity contribution in [3.05, 3.63) is 12.2 Å². The van der Waals surface area contributed by atoms with E-state index >= 15 is 0 Å². The van der Waals surface area contributed by atoms with Crippen LogP contribution in [0, 0.1) is 11.3 Å². The fourth-order valence-corrected chi connectivity index (χ4v) is 0.692. The summed E-state index contributed by atoms with van der Waals surface area (Å²) in [6.45, 7) is 8.16. The van der Waals surface area contributed by atoms with Gasteiger partial charge < -0.3 is 4.79 Å². The van der Waals surface area contributed by atoms with Crippen molar-refractivity contribution in [2.75, 3.05) is 0 Å². The van der Waals surface area contributed by atoms with Crippen LogP contribution in [-0.2, 0) is 4.79 Å². The molecule has 0 bridgehead atoms. The zero-order chi connectivity index (χ0) is 8.91. The van der Waals surface area contributed by atoms with Crippen molar-refractivity contribution in [1.29, 1.82) is 0 Å². The first-order valence-electron chi connectivity index (χ1n) is 4.11. The minimum atomic E-state index is -0.189. The Hall–Kier alpha value is -0.590. The van der Waals surface area contributed by atoms with E-state index in [9.17, 15) is 4.79 Å². The van der Waals surface area contributed by atoms with Crippen molar-refractivity contribution in [2.24, 2.45) is 11.3 Å². The molecule has 0 atom stereocenters. The molecule has 0 spiro atoms. The minimum absolute atomic E-state index is 0.189. The predicted octanol–water partition coefficient (Wildman–Crippen LogP) is 2.81. The number of hydrogen-bond acceptors (Lipinski definition) is 1. The van der Waals surface area contributed by atoms with E-state index in [1.807, 2.05) is 13.8 Å². The van der Waals surface area contributed by atoms with Gasteiger partial charge in [-0.1, -0.05) is 39.8 Å². The largest absolute Gasteiger partial charge is 0.303 e. The van der Waals surface area contributed by atoms with Crippen LogP contribution >= 0.6 is 0 Å². The molecule has 0 fully saturated rings. The Labute approximate surface area is 69.5 Å². The summed E-state index contributed by atoms with van der Waals surface area (Å²) in [4.78, 5) is 10.5. The van der Waals surface area contributed by atoms with Gasteiger partial charge in [-0.3, -0.25) is 0 Å². The van der Waals surface area contributed by atoms with Crippen LogP contribution in [0.5, 0.6) is 0 Å². The van der Waals surface area contributed by atoms with Crippen LogP contribution in [0.25, 0.3) is 0 Å². The SMILES string of the molecule is CC(C)/C=C/CC(C)(C)C=O. The van der Waals surface area contributed by atoms with Gasteiger partial charge in [0, 0.05) is 5.41 Å². The van der Waals surface area contributed by atoms with Gasteiger partial charge in [-0.2, -0.15) is 0 Å². The van der Waals surface area contributed by atoms with E-state index in [-0.39, 0.29) is 5.41 Å². The van der Waals surface area contributed by atoms with E-state index < -0.39 is 0 Å². The molecule has 0 radical (unpaired) electrons. The van der Waals surface area contributed by atoms with E-state index in [0.717, 1.165) is 12.7 Å². The number of aldehydes is 1. The van der Waals surface area contributed by atoms with Gasteiger partial charge in [0.2, 0.25) is 0 Å². The van der Waals surface area contributed by atoms with Gasteiger partial charge in [-0.15, -0.1) is 0 Å². The third-order valence-electron chi connectivity index (χ3n) is 1.48. The molecule has 0 aromatic rings. The quantitative estimate of drug-likeness (QED) is 0.449. The molecule has 0 aliphatic carbocycles. The van der Waals surface area contributed by atoms with E-state index in [0.29, 0.717) is 5.92 Å². The second-order valence-electron chi connectivity index (χ2n) is 3.98. The zero-order valence-corrected chi connectivity index (χ0v) is 7.92. The van der Waals surface area contributed by atoms with E-state index in [1.54, 1.807) is 0 Å². The summed E-state index contributed by atoms with van der Waals surface area (Å²) in [5, 5.41) is 0. The molecule has 0 aromatic heterocycles. The Bertz CT molecular complexity index is 143. The van der Waals surface area contributed by atoms with Crippen LogP contribution in [0.1, 0.15) is 34.1 Å². The number of rotatable bonds is 4. The van der Waals surface area contributed by atoms with Gasteiger partial charge in [-0.25, -0.2) is 0 Å². The lowest BCUT2D eigenvalue weighted by Gasteiger charge is -2.12. The highest BCUT2D eigenvalue weighted by Crippen LogP contribution is 2.17. The summed E-state index contributed by atoms with van der Waals surface area (Å²) in [5.74, 6) is 0.581. The molecule has 0 saturated carbocycles. The summed E-state index contributed by atoms with van der Waals surface area (Å²) >= 11 is 0. The maximum Gasteiger partial charge on any atom is 0.125 e.